The third-order valence-electron chi connectivity index (χ3n) is 6.92. The zero-order valence-corrected chi connectivity index (χ0v) is 19.6. The second kappa shape index (κ2) is 10.3. The lowest BCUT2D eigenvalue weighted by Gasteiger charge is -2.35. The number of aliphatic carboxylic acids is 1. The highest BCUT2D eigenvalue weighted by Crippen LogP contribution is 2.44. The number of hydrogen-bond acceptors (Lipinski definition) is 4. The van der Waals surface area contributed by atoms with Gasteiger partial charge in [-0.2, -0.15) is 0 Å². The van der Waals surface area contributed by atoms with Crippen molar-refractivity contribution in [3.8, 4) is 11.1 Å². The molecule has 7 nitrogen and oxygen atoms in total. The van der Waals surface area contributed by atoms with E-state index >= 15 is 0 Å². The van der Waals surface area contributed by atoms with E-state index in [1.165, 1.54) is 22.3 Å². The molecule has 2 aromatic rings. The van der Waals surface area contributed by atoms with Crippen LogP contribution in [0.2, 0.25) is 0 Å². The summed E-state index contributed by atoms with van der Waals surface area (Å²) in [5.41, 5.74) is 4.73. The van der Waals surface area contributed by atoms with E-state index in [1.54, 1.807) is 0 Å². The molecule has 0 spiro atoms. The van der Waals surface area contributed by atoms with Crippen LogP contribution in [0, 0.1) is 11.8 Å². The summed E-state index contributed by atoms with van der Waals surface area (Å²) >= 11 is 0. The molecule has 0 aromatic heterocycles. The topological polar surface area (TPSA) is 105 Å². The van der Waals surface area contributed by atoms with Crippen LogP contribution < -0.4 is 10.6 Å². The van der Waals surface area contributed by atoms with Gasteiger partial charge in [0, 0.05) is 24.4 Å². The van der Waals surface area contributed by atoms with Crippen molar-refractivity contribution in [3.05, 3.63) is 59.7 Å². The van der Waals surface area contributed by atoms with Gasteiger partial charge in [-0.1, -0.05) is 62.4 Å². The monoisotopic (exact) mass is 464 g/mol. The van der Waals surface area contributed by atoms with Crippen LogP contribution in [0.1, 0.15) is 56.6 Å². The summed E-state index contributed by atoms with van der Waals surface area (Å²) in [5, 5.41) is 14.8. The molecule has 0 heterocycles. The van der Waals surface area contributed by atoms with Gasteiger partial charge in [0.25, 0.3) is 0 Å². The Bertz CT molecular complexity index is 1010. The number of benzene rings is 2. The molecule has 0 bridgehead atoms. The summed E-state index contributed by atoms with van der Waals surface area (Å²) in [5.74, 6) is -0.809. The Kier molecular flexibility index (Phi) is 7.20. The first-order chi connectivity index (χ1) is 16.3. The number of carbonyl (C=O) groups is 3. The van der Waals surface area contributed by atoms with Gasteiger partial charge in [0.05, 0.1) is 6.42 Å². The van der Waals surface area contributed by atoms with Gasteiger partial charge in [0.2, 0.25) is 5.91 Å². The Morgan fingerprint density at radius 2 is 1.59 bits per heavy atom. The average Bonchev–Trinajstić information content (AvgIpc) is 3.09. The maximum Gasteiger partial charge on any atom is 0.407 e. The maximum atomic E-state index is 12.4. The summed E-state index contributed by atoms with van der Waals surface area (Å²) in [6.45, 7) is 4.07. The highest BCUT2D eigenvalue weighted by atomic mass is 16.5. The number of rotatable bonds is 9. The number of fused-ring (bicyclic) bond motifs is 3. The molecular formula is C27H32N2O5. The highest BCUT2D eigenvalue weighted by molar-refractivity contribution is 5.79. The van der Waals surface area contributed by atoms with Crippen LogP contribution in [-0.2, 0) is 14.3 Å². The van der Waals surface area contributed by atoms with Gasteiger partial charge in [0.15, 0.2) is 0 Å². The summed E-state index contributed by atoms with van der Waals surface area (Å²) in [7, 11) is 0. The van der Waals surface area contributed by atoms with E-state index in [0.717, 1.165) is 0 Å². The van der Waals surface area contributed by atoms with E-state index in [2.05, 4.69) is 34.9 Å². The van der Waals surface area contributed by atoms with Crippen LogP contribution in [0.5, 0.6) is 0 Å². The first-order valence-electron chi connectivity index (χ1n) is 11.9. The van der Waals surface area contributed by atoms with E-state index in [-0.39, 0.29) is 48.8 Å². The summed E-state index contributed by atoms with van der Waals surface area (Å²) < 4.78 is 5.59. The smallest absolute Gasteiger partial charge is 0.407 e. The highest BCUT2D eigenvalue weighted by Gasteiger charge is 2.34. The minimum absolute atomic E-state index is 0.00614. The van der Waals surface area contributed by atoms with Crippen molar-refractivity contribution in [2.75, 3.05) is 6.61 Å². The zero-order valence-electron chi connectivity index (χ0n) is 19.6. The number of carboxylic acid groups (broad SMARTS) is 1. The predicted molar refractivity (Wildman–Crippen MR) is 128 cm³/mol. The number of amides is 2. The van der Waals surface area contributed by atoms with Crippen LogP contribution in [0.15, 0.2) is 48.5 Å². The molecule has 1 atom stereocenters. The number of carboxylic acids is 1. The third kappa shape index (κ3) is 5.41. The molecule has 1 fully saturated rings. The van der Waals surface area contributed by atoms with Crippen LogP contribution in [-0.4, -0.2) is 41.8 Å². The molecule has 34 heavy (non-hydrogen) atoms. The molecule has 2 aromatic carbocycles. The van der Waals surface area contributed by atoms with Crippen LogP contribution in [0.25, 0.3) is 11.1 Å². The minimum atomic E-state index is -0.921. The summed E-state index contributed by atoms with van der Waals surface area (Å²) in [6.07, 6.45) is 1.24. The Morgan fingerprint density at radius 3 is 2.15 bits per heavy atom. The fourth-order valence-electron chi connectivity index (χ4n) is 5.00. The van der Waals surface area contributed by atoms with Crippen molar-refractivity contribution in [3.63, 3.8) is 0 Å². The lowest BCUT2D eigenvalue weighted by Crippen LogP contribution is -2.47. The molecule has 0 aliphatic heterocycles. The maximum absolute atomic E-state index is 12.4. The molecule has 0 unspecified atom stereocenters. The van der Waals surface area contributed by atoms with Crippen molar-refractivity contribution in [2.24, 2.45) is 11.8 Å². The van der Waals surface area contributed by atoms with Crippen molar-refractivity contribution < 1.29 is 24.2 Å². The molecule has 3 N–H and O–H groups in total. The Labute approximate surface area is 199 Å². The fourth-order valence-corrected chi connectivity index (χ4v) is 5.00. The van der Waals surface area contributed by atoms with Gasteiger partial charge in [-0.25, -0.2) is 4.79 Å². The molecule has 2 aliphatic carbocycles. The van der Waals surface area contributed by atoms with Gasteiger partial charge in [-0.05, 0) is 46.9 Å². The summed E-state index contributed by atoms with van der Waals surface area (Å²) in [4.78, 5) is 35.7. The molecule has 0 saturated heterocycles. The minimum Gasteiger partial charge on any atom is -0.481 e. The lowest BCUT2D eigenvalue weighted by atomic mass is 9.78. The molecule has 0 radical (unpaired) electrons. The molecule has 1 saturated carbocycles. The molecule has 2 amide bonds. The van der Waals surface area contributed by atoms with E-state index in [9.17, 15) is 14.4 Å². The molecular weight excluding hydrogens is 432 g/mol. The first-order valence-corrected chi connectivity index (χ1v) is 11.9. The SMILES string of the molecule is CC(C)[C@H](CC(=O)O)NC(=O)CC1CC(NC(=O)OCC2c3ccccc3-c3ccccc32)C1. The van der Waals surface area contributed by atoms with Crippen LogP contribution >= 0.6 is 0 Å². The van der Waals surface area contributed by atoms with Crippen LogP contribution in [0.3, 0.4) is 0 Å². The molecule has 4 rings (SSSR count). The quantitative estimate of drug-likeness (QED) is 0.513. The van der Waals surface area contributed by atoms with E-state index in [1.807, 2.05) is 38.1 Å². The van der Waals surface area contributed by atoms with Gasteiger partial charge in [-0.15, -0.1) is 0 Å². The normalized spacial score (nSPS) is 19.5. The van der Waals surface area contributed by atoms with Crippen molar-refractivity contribution in [1.82, 2.24) is 10.6 Å². The van der Waals surface area contributed by atoms with Crippen LogP contribution in [0.4, 0.5) is 4.79 Å². The molecule has 180 valence electrons. The molecule has 7 heteroatoms. The average molecular weight is 465 g/mol. The van der Waals surface area contributed by atoms with Gasteiger partial charge in [-0.3, -0.25) is 9.59 Å². The zero-order chi connectivity index (χ0) is 24.2. The van der Waals surface area contributed by atoms with Crippen molar-refractivity contribution >= 4 is 18.0 Å². The first kappa shape index (κ1) is 23.8. The van der Waals surface area contributed by atoms with E-state index in [4.69, 9.17) is 9.84 Å². The predicted octanol–water partition coefficient (Wildman–Crippen LogP) is 4.31. The van der Waals surface area contributed by atoms with Crippen molar-refractivity contribution in [1.29, 1.82) is 0 Å². The largest absolute Gasteiger partial charge is 0.481 e. The van der Waals surface area contributed by atoms with Gasteiger partial charge >= 0.3 is 12.1 Å². The second-order valence-corrected chi connectivity index (χ2v) is 9.72. The lowest BCUT2D eigenvalue weighted by molar-refractivity contribution is -0.138. The number of hydrogen-bond donors (Lipinski definition) is 3. The Morgan fingerprint density at radius 1 is 1.00 bits per heavy atom. The Balaban J connectivity index is 1.21. The van der Waals surface area contributed by atoms with Crippen molar-refractivity contribution in [2.45, 2.75) is 57.5 Å². The summed E-state index contributed by atoms with van der Waals surface area (Å²) in [6, 6.07) is 16.1. The fraction of sp³-hybridized carbons (Fsp3) is 0.444. The van der Waals surface area contributed by atoms with Gasteiger partial charge in [0.1, 0.15) is 6.61 Å². The standard InChI is InChI=1S/C27H32N2O5/c1-16(2)24(14-26(31)32)29-25(30)13-17-11-18(12-17)28-27(33)34-15-23-21-9-5-3-7-19(21)20-8-4-6-10-22(20)23/h3-10,16-18,23-24H,11-15H2,1-2H3,(H,28,33)(H,29,30)(H,31,32)/t17?,18?,24-/m0/s1. The number of ether oxygens (including phenoxy) is 1. The second-order valence-electron chi connectivity index (χ2n) is 9.72. The third-order valence-corrected chi connectivity index (χ3v) is 6.92. The Hall–Kier alpha value is -3.35. The van der Waals surface area contributed by atoms with Gasteiger partial charge < -0.3 is 20.5 Å². The molecule has 2 aliphatic rings. The number of alkyl carbamates (subject to hydrolysis) is 1. The van der Waals surface area contributed by atoms with E-state index < -0.39 is 12.1 Å². The van der Waals surface area contributed by atoms with E-state index in [0.29, 0.717) is 19.3 Å². The number of carbonyl (C=O) groups excluding carboxylic acids is 2. The number of nitrogens with one attached hydrogen (secondary N) is 2.